The Labute approximate surface area is 270 Å². The zero-order valence-corrected chi connectivity index (χ0v) is 27.0. The number of alkyl halides is 3. The molecule has 0 bridgehead atoms. The summed E-state index contributed by atoms with van der Waals surface area (Å²) in [5, 5.41) is 6.54. The number of carbonyl (C=O) groups is 1. The molecule has 240 valence electrons. The second-order valence-corrected chi connectivity index (χ2v) is 12.4. The number of thiazole rings is 1. The fraction of sp³-hybridized carbons (Fsp3) is 0.314. The van der Waals surface area contributed by atoms with Gasteiger partial charge in [0.15, 0.2) is 10.6 Å². The van der Waals surface area contributed by atoms with E-state index in [1.54, 1.807) is 0 Å². The molecule has 5 rings (SSSR count). The number of aromatic nitrogens is 4. The number of hydrogen-bond acceptors (Lipinski definition) is 5. The summed E-state index contributed by atoms with van der Waals surface area (Å²) >= 11 is 1.49. The first kappa shape index (κ1) is 32.9. The quantitative estimate of drug-likeness (QED) is 0.135. The van der Waals surface area contributed by atoms with Gasteiger partial charge in [0.2, 0.25) is 5.91 Å². The standard InChI is InChI=1S/C35H36F3N5O2S/c1-23(2)30-18-13-24(3)19-31(30)43-25(4)21-46-34(43)40-32(44)12-7-5-6-9-26-10-8-11-27(20-26)33-39-22-42(41-33)28-14-16-29(17-15-28)45-35(36,37)38/h8,10-11,13-23H,5-7,9,12H2,1-4H3. The van der Waals surface area contributed by atoms with E-state index in [0.717, 1.165) is 48.2 Å². The van der Waals surface area contributed by atoms with E-state index in [1.165, 1.54) is 57.7 Å². The van der Waals surface area contributed by atoms with Crippen LogP contribution in [-0.4, -0.2) is 31.6 Å². The molecule has 7 nitrogen and oxygen atoms in total. The van der Waals surface area contributed by atoms with Crippen molar-refractivity contribution in [2.75, 3.05) is 0 Å². The topological polar surface area (TPSA) is 74.3 Å². The first-order chi connectivity index (χ1) is 22.0. The van der Waals surface area contributed by atoms with Gasteiger partial charge in [0.25, 0.3) is 0 Å². The van der Waals surface area contributed by atoms with Crippen LogP contribution in [0.4, 0.5) is 13.2 Å². The lowest BCUT2D eigenvalue weighted by molar-refractivity contribution is -0.274. The second-order valence-electron chi connectivity index (χ2n) is 11.5. The Balaban J connectivity index is 1.15. The van der Waals surface area contributed by atoms with Gasteiger partial charge >= 0.3 is 6.36 Å². The van der Waals surface area contributed by atoms with Gasteiger partial charge in [-0.3, -0.25) is 9.36 Å². The Kier molecular flexibility index (Phi) is 10.2. The molecule has 0 saturated heterocycles. The molecule has 46 heavy (non-hydrogen) atoms. The monoisotopic (exact) mass is 647 g/mol. The van der Waals surface area contributed by atoms with E-state index in [-0.39, 0.29) is 11.7 Å². The van der Waals surface area contributed by atoms with Crippen molar-refractivity contribution < 1.29 is 22.7 Å². The van der Waals surface area contributed by atoms with Crippen LogP contribution in [0.2, 0.25) is 0 Å². The van der Waals surface area contributed by atoms with Gasteiger partial charge in [-0.15, -0.1) is 29.6 Å². The summed E-state index contributed by atoms with van der Waals surface area (Å²) in [6.07, 6.45) is 0.588. The minimum atomic E-state index is -4.74. The molecule has 0 aliphatic rings. The lowest BCUT2D eigenvalue weighted by Gasteiger charge is -2.16. The van der Waals surface area contributed by atoms with Crippen molar-refractivity contribution in [2.24, 2.45) is 4.99 Å². The highest BCUT2D eigenvalue weighted by Gasteiger charge is 2.31. The third-order valence-electron chi connectivity index (χ3n) is 7.52. The molecule has 0 N–H and O–H groups in total. The molecule has 1 amide bonds. The second kappa shape index (κ2) is 14.3. The Morgan fingerprint density at radius 3 is 2.52 bits per heavy atom. The number of carbonyl (C=O) groups excluding carboxylic acids is 1. The summed E-state index contributed by atoms with van der Waals surface area (Å²) in [5.41, 5.74) is 7.06. The van der Waals surface area contributed by atoms with Crippen molar-refractivity contribution in [1.82, 2.24) is 19.3 Å². The number of benzene rings is 3. The molecule has 3 aromatic carbocycles. The smallest absolute Gasteiger partial charge is 0.406 e. The van der Waals surface area contributed by atoms with Crippen LogP contribution in [0.25, 0.3) is 22.8 Å². The predicted octanol–water partition coefficient (Wildman–Crippen LogP) is 8.66. The van der Waals surface area contributed by atoms with Gasteiger partial charge in [-0.2, -0.15) is 4.99 Å². The molecule has 0 saturated carbocycles. The molecular formula is C35H36F3N5O2S. The number of rotatable bonds is 11. The van der Waals surface area contributed by atoms with E-state index in [2.05, 4.69) is 69.4 Å². The summed E-state index contributed by atoms with van der Waals surface area (Å²) in [4.78, 5) is 22.5. The molecule has 5 aromatic rings. The molecule has 0 atom stereocenters. The number of ether oxygens (including phenoxy) is 1. The van der Waals surface area contributed by atoms with E-state index in [4.69, 9.17) is 0 Å². The summed E-state index contributed by atoms with van der Waals surface area (Å²) in [5.74, 6) is 0.445. The van der Waals surface area contributed by atoms with E-state index in [1.807, 2.05) is 30.5 Å². The summed E-state index contributed by atoms with van der Waals surface area (Å²) < 4.78 is 44.9. The molecule has 0 spiro atoms. The number of amides is 1. The van der Waals surface area contributed by atoms with Crippen LogP contribution in [0.3, 0.4) is 0 Å². The summed E-state index contributed by atoms with van der Waals surface area (Å²) in [7, 11) is 0. The Morgan fingerprint density at radius 1 is 1.00 bits per heavy atom. The van der Waals surface area contributed by atoms with Gasteiger partial charge in [0.05, 0.1) is 11.4 Å². The Morgan fingerprint density at radius 2 is 1.78 bits per heavy atom. The summed E-state index contributed by atoms with van der Waals surface area (Å²) in [6, 6.07) is 19.8. The number of aryl methyl sites for hydroxylation is 3. The minimum Gasteiger partial charge on any atom is -0.406 e. The van der Waals surface area contributed by atoms with Gasteiger partial charge in [0.1, 0.15) is 12.1 Å². The van der Waals surface area contributed by atoms with Crippen LogP contribution in [0.15, 0.2) is 83.4 Å². The normalized spacial score (nSPS) is 12.2. The predicted molar refractivity (Wildman–Crippen MR) is 173 cm³/mol. The fourth-order valence-corrected chi connectivity index (χ4v) is 6.11. The van der Waals surface area contributed by atoms with Crippen molar-refractivity contribution in [1.29, 1.82) is 0 Å². The van der Waals surface area contributed by atoms with Crippen LogP contribution in [0.5, 0.6) is 5.75 Å². The average Bonchev–Trinajstić information content (AvgIpc) is 3.63. The highest BCUT2D eigenvalue weighted by Crippen LogP contribution is 2.26. The highest BCUT2D eigenvalue weighted by molar-refractivity contribution is 7.07. The van der Waals surface area contributed by atoms with E-state index >= 15 is 0 Å². The third-order valence-corrected chi connectivity index (χ3v) is 8.46. The first-order valence-electron chi connectivity index (χ1n) is 15.2. The van der Waals surface area contributed by atoms with Crippen molar-refractivity contribution in [3.63, 3.8) is 0 Å². The van der Waals surface area contributed by atoms with Gasteiger partial charge < -0.3 is 4.74 Å². The summed E-state index contributed by atoms with van der Waals surface area (Å²) in [6.45, 7) is 8.46. The highest BCUT2D eigenvalue weighted by atomic mass is 32.1. The molecule has 0 aliphatic heterocycles. The molecular weight excluding hydrogens is 611 g/mol. The number of unbranched alkanes of at least 4 members (excludes halogenated alkanes) is 2. The lowest BCUT2D eigenvalue weighted by Crippen LogP contribution is -2.18. The van der Waals surface area contributed by atoms with Crippen LogP contribution >= 0.6 is 11.3 Å². The first-order valence-corrected chi connectivity index (χ1v) is 16.1. The zero-order chi connectivity index (χ0) is 32.8. The number of halogens is 3. The molecule has 2 aromatic heterocycles. The maximum atomic E-state index is 12.9. The van der Waals surface area contributed by atoms with Gasteiger partial charge in [0, 0.05) is 23.1 Å². The molecule has 11 heteroatoms. The van der Waals surface area contributed by atoms with Crippen LogP contribution < -0.4 is 9.54 Å². The fourth-order valence-electron chi connectivity index (χ4n) is 5.23. The SMILES string of the molecule is Cc1ccc(C(C)C)c(-n2c(C)csc2=NC(=O)CCCCCc2cccc(-c3ncn(-c4ccc(OC(F)(F)F)cc4)n3)c2)c1. The van der Waals surface area contributed by atoms with Crippen molar-refractivity contribution >= 4 is 17.2 Å². The zero-order valence-electron chi connectivity index (χ0n) is 26.2. The van der Waals surface area contributed by atoms with Crippen molar-refractivity contribution in [3.8, 4) is 28.5 Å². The Hall–Kier alpha value is -4.51. The van der Waals surface area contributed by atoms with Crippen LogP contribution in [-0.2, 0) is 11.2 Å². The molecule has 0 radical (unpaired) electrons. The van der Waals surface area contributed by atoms with E-state index in [0.29, 0.717) is 28.7 Å². The lowest BCUT2D eigenvalue weighted by atomic mass is 9.99. The maximum Gasteiger partial charge on any atom is 0.573 e. The average molecular weight is 648 g/mol. The molecule has 0 fully saturated rings. The van der Waals surface area contributed by atoms with Crippen molar-refractivity contribution in [2.45, 2.75) is 72.1 Å². The minimum absolute atomic E-state index is 0.111. The largest absolute Gasteiger partial charge is 0.573 e. The number of nitrogens with zero attached hydrogens (tertiary/aromatic N) is 5. The third kappa shape index (κ3) is 8.39. The van der Waals surface area contributed by atoms with Gasteiger partial charge in [-0.1, -0.05) is 50.6 Å². The van der Waals surface area contributed by atoms with Crippen LogP contribution in [0.1, 0.15) is 67.8 Å². The Bertz CT molecular complexity index is 1870. The van der Waals surface area contributed by atoms with E-state index in [9.17, 15) is 18.0 Å². The molecule has 2 heterocycles. The molecule has 0 aliphatic carbocycles. The van der Waals surface area contributed by atoms with Gasteiger partial charge in [-0.05, 0) is 92.1 Å². The van der Waals surface area contributed by atoms with E-state index < -0.39 is 6.36 Å². The number of hydrogen-bond donors (Lipinski definition) is 0. The van der Waals surface area contributed by atoms with Crippen LogP contribution in [0, 0.1) is 13.8 Å². The van der Waals surface area contributed by atoms with Gasteiger partial charge in [-0.25, -0.2) is 9.67 Å². The molecule has 0 unspecified atom stereocenters. The maximum absolute atomic E-state index is 12.9. The van der Waals surface area contributed by atoms with Crippen molar-refractivity contribution in [3.05, 3.63) is 106 Å².